The zero-order chi connectivity index (χ0) is 14.8. The summed E-state index contributed by atoms with van der Waals surface area (Å²) in [6.45, 7) is 4.00. The minimum atomic E-state index is -3.29. The molecule has 0 spiro atoms. The van der Waals surface area contributed by atoms with E-state index in [4.69, 9.17) is 0 Å². The molecule has 20 heavy (non-hydrogen) atoms. The zero-order valence-electron chi connectivity index (χ0n) is 11.4. The van der Waals surface area contributed by atoms with Gasteiger partial charge in [-0.3, -0.25) is 0 Å². The lowest BCUT2D eigenvalue weighted by Crippen LogP contribution is -1.98. The van der Waals surface area contributed by atoms with Crippen LogP contribution in [0.4, 0.5) is 0 Å². The van der Waals surface area contributed by atoms with Gasteiger partial charge in [0.25, 0.3) is 0 Å². The zero-order valence-corrected chi connectivity index (χ0v) is 13.1. The highest BCUT2D eigenvalue weighted by Crippen LogP contribution is 2.25. The lowest BCUT2D eigenvalue weighted by molar-refractivity contribution is 0.599. The molecule has 0 bridgehead atoms. The fourth-order valence-corrected chi connectivity index (χ4v) is 3.30. The molecule has 2 heterocycles. The average molecular weight is 311 g/mol. The lowest BCUT2D eigenvalue weighted by atomic mass is 10.2. The van der Waals surface area contributed by atoms with Crippen LogP contribution in [-0.2, 0) is 9.84 Å². The van der Waals surface area contributed by atoms with Gasteiger partial charge in [-0.25, -0.2) is 17.9 Å². The summed E-state index contributed by atoms with van der Waals surface area (Å²) in [7, 11) is -3.29. The van der Waals surface area contributed by atoms with Crippen molar-refractivity contribution in [3.8, 4) is 11.3 Å². The number of fused-ring (bicyclic) bond motifs is 1. The molecule has 3 rings (SSSR count). The van der Waals surface area contributed by atoms with Gasteiger partial charge in [0.2, 0.25) is 19.1 Å². The van der Waals surface area contributed by atoms with E-state index in [1.165, 1.54) is 0 Å². The Morgan fingerprint density at radius 3 is 2.45 bits per heavy atom. The molecule has 0 saturated heterocycles. The van der Waals surface area contributed by atoms with E-state index < -0.39 is 9.84 Å². The van der Waals surface area contributed by atoms with Crippen molar-refractivity contribution in [1.29, 1.82) is 0 Å². The molecule has 0 radical (unpaired) electrons. The molecule has 0 fully saturated rings. The summed E-state index contributed by atoms with van der Waals surface area (Å²) in [5.74, 6) is 0. The topological polar surface area (TPSA) is 64.3 Å². The molecule has 7 heteroatoms. The second kappa shape index (κ2) is 5.72. The van der Waals surface area contributed by atoms with Crippen molar-refractivity contribution in [2.24, 2.45) is 0 Å². The summed E-state index contributed by atoms with van der Waals surface area (Å²) >= 11 is 1.07. The Morgan fingerprint density at radius 2 is 1.85 bits per heavy atom. The molecule has 0 aliphatic heterocycles. The van der Waals surface area contributed by atoms with Gasteiger partial charge in [-0.05, 0) is 0 Å². The van der Waals surface area contributed by atoms with Gasteiger partial charge in [0, 0.05) is 13.2 Å². The SMILES string of the molecule is CC.CS(=O)(=O)c1nn2c(-c3ccccc3)cnc2s1.[HH]. The molecular weight excluding hydrogens is 294 g/mol. The van der Waals surface area contributed by atoms with E-state index in [1.807, 2.05) is 44.2 Å². The van der Waals surface area contributed by atoms with Crippen molar-refractivity contribution in [2.75, 3.05) is 6.26 Å². The number of sulfone groups is 1. The Balaban J connectivity index is 0.000000706. The number of rotatable bonds is 2. The summed E-state index contributed by atoms with van der Waals surface area (Å²) in [6.07, 6.45) is 2.84. The van der Waals surface area contributed by atoms with Gasteiger partial charge in [-0.2, -0.15) is 0 Å². The molecule has 0 aliphatic carbocycles. The van der Waals surface area contributed by atoms with Gasteiger partial charge in [-0.15, -0.1) is 5.10 Å². The maximum Gasteiger partial charge on any atom is 0.232 e. The maximum atomic E-state index is 11.5. The Morgan fingerprint density at radius 1 is 1.20 bits per heavy atom. The van der Waals surface area contributed by atoms with E-state index in [9.17, 15) is 8.42 Å². The molecule has 3 aromatic rings. The second-order valence-corrected chi connectivity index (χ2v) is 6.99. The highest BCUT2D eigenvalue weighted by molar-refractivity contribution is 7.92. The van der Waals surface area contributed by atoms with Gasteiger partial charge < -0.3 is 0 Å². The van der Waals surface area contributed by atoms with Crippen LogP contribution in [0.1, 0.15) is 15.3 Å². The van der Waals surface area contributed by atoms with Crippen LogP contribution in [0, 0.1) is 0 Å². The second-order valence-electron chi connectivity index (χ2n) is 3.84. The molecule has 1 aromatic carbocycles. The van der Waals surface area contributed by atoms with Gasteiger partial charge in [-0.1, -0.05) is 55.5 Å². The molecule has 0 N–H and O–H groups in total. The minimum Gasteiger partial charge on any atom is -0.225 e. The van der Waals surface area contributed by atoms with Crippen LogP contribution in [-0.4, -0.2) is 29.3 Å². The van der Waals surface area contributed by atoms with E-state index in [2.05, 4.69) is 10.1 Å². The predicted molar refractivity (Wildman–Crippen MR) is 82.9 cm³/mol. The van der Waals surface area contributed by atoms with Gasteiger partial charge in [0.05, 0.1) is 11.9 Å². The Bertz CT molecular complexity index is 810. The summed E-state index contributed by atoms with van der Waals surface area (Å²) < 4.78 is 24.6. The van der Waals surface area contributed by atoms with Crippen molar-refractivity contribution in [1.82, 2.24) is 14.6 Å². The van der Waals surface area contributed by atoms with Crippen LogP contribution >= 0.6 is 11.3 Å². The van der Waals surface area contributed by atoms with Crippen molar-refractivity contribution in [2.45, 2.75) is 18.2 Å². The van der Waals surface area contributed by atoms with Crippen molar-refractivity contribution >= 4 is 26.1 Å². The first-order chi connectivity index (χ1) is 9.55. The van der Waals surface area contributed by atoms with E-state index >= 15 is 0 Å². The smallest absolute Gasteiger partial charge is 0.225 e. The molecule has 0 aliphatic rings. The predicted octanol–water partition coefficient (Wildman–Crippen LogP) is 3.13. The van der Waals surface area contributed by atoms with Crippen LogP contribution in [0.25, 0.3) is 16.2 Å². The largest absolute Gasteiger partial charge is 0.232 e. The van der Waals surface area contributed by atoms with E-state index in [0.29, 0.717) is 4.96 Å². The van der Waals surface area contributed by atoms with E-state index in [0.717, 1.165) is 28.8 Å². The third-order valence-corrected chi connectivity index (χ3v) is 5.05. The monoisotopic (exact) mass is 311 g/mol. The van der Waals surface area contributed by atoms with E-state index in [-0.39, 0.29) is 5.77 Å². The Labute approximate surface area is 123 Å². The normalized spacial score (nSPS) is 11.2. The molecular formula is C13H17N3O2S2. The summed E-state index contributed by atoms with van der Waals surface area (Å²) in [5.41, 5.74) is 1.74. The van der Waals surface area contributed by atoms with Crippen molar-refractivity contribution < 1.29 is 9.84 Å². The van der Waals surface area contributed by atoms with Crippen LogP contribution in [0.15, 0.2) is 40.9 Å². The van der Waals surface area contributed by atoms with Gasteiger partial charge in [0.15, 0.2) is 0 Å². The van der Waals surface area contributed by atoms with Crippen LogP contribution in [0.3, 0.4) is 0 Å². The number of hydrogen-bond donors (Lipinski definition) is 0. The minimum absolute atomic E-state index is 0. The quantitative estimate of drug-likeness (QED) is 0.729. The van der Waals surface area contributed by atoms with Crippen LogP contribution in [0.5, 0.6) is 0 Å². The first kappa shape index (κ1) is 14.7. The number of imidazole rings is 1. The first-order valence-electron chi connectivity index (χ1n) is 6.16. The van der Waals surface area contributed by atoms with Crippen LogP contribution in [0.2, 0.25) is 0 Å². The first-order valence-corrected chi connectivity index (χ1v) is 8.86. The molecule has 0 amide bonds. The van der Waals surface area contributed by atoms with Crippen LogP contribution < -0.4 is 0 Å². The summed E-state index contributed by atoms with van der Waals surface area (Å²) in [4.78, 5) is 4.76. The van der Waals surface area contributed by atoms with Crippen molar-refractivity contribution in [3.05, 3.63) is 36.5 Å². The van der Waals surface area contributed by atoms with E-state index in [1.54, 1.807) is 10.7 Å². The molecule has 108 valence electrons. The maximum absolute atomic E-state index is 11.5. The number of aromatic nitrogens is 3. The average Bonchev–Trinajstić information content (AvgIpc) is 3.01. The highest BCUT2D eigenvalue weighted by Gasteiger charge is 2.17. The standard InChI is InChI=1S/C11H9N3O2S2.C2H6.H2/c1-18(15,16)11-13-14-9(7-12-10(14)17-11)8-5-3-2-4-6-8;1-2;/h2-7H,1H3;1-2H3;1H. The summed E-state index contributed by atoms with van der Waals surface area (Å²) in [6, 6.07) is 9.62. The van der Waals surface area contributed by atoms with Gasteiger partial charge in [0.1, 0.15) is 0 Å². The van der Waals surface area contributed by atoms with Gasteiger partial charge >= 0.3 is 0 Å². The van der Waals surface area contributed by atoms with Crippen molar-refractivity contribution in [3.63, 3.8) is 0 Å². The summed E-state index contributed by atoms with van der Waals surface area (Å²) in [5, 5.41) is 4.11. The Hall–Kier alpha value is -1.73. The number of benzene rings is 1. The Kier molecular flexibility index (Phi) is 4.20. The molecule has 2 aromatic heterocycles. The third-order valence-electron chi connectivity index (χ3n) is 2.45. The fourth-order valence-electron chi connectivity index (χ4n) is 1.63. The molecule has 0 saturated carbocycles. The lowest BCUT2D eigenvalue weighted by Gasteiger charge is -1.96. The highest BCUT2D eigenvalue weighted by atomic mass is 32.2. The molecule has 5 nitrogen and oxygen atoms in total. The number of nitrogens with zero attached hydrogens (tertiary/aromatic N) is 3. The molecule has 0 unspecified atom stereocenters. The fraction of sp³-hybridized carbons (Fsp3) is 0.231. The number of hydrogen-bond acceptors (Lipinski definition) is 5. The third kappa shape index (κ3) is 2.73. The molecule has 0 atom stereocenters.